The van der Waals surface area contributed by atoms with Crippen molar-refractivity contribution in [2.45, 2.75) is 6.54 Å². The Bertz CT molecular complexity index is 963. The van der Waals surface area contributed by atoms with Gasteiger partial charge < -0.3 is 10.2 Å². The van der Waals surface area contributed by atoms with Gasteiger partial charge in [0.25, 0.3) is 5.56 Å². The molecule has 25 heavy (non-hydrogen) atoms. The van der Waals surface area contributed by atoms with E-state index >= 15 is 0 Å². The third-order valence-corrected chi connectivity index (χ3v) is 4.90. The standard InChI is InChI=1S/C19H19ClN4O/c20-16-7-3-1-5-14(16)13-24-18(25)15-6-2-4-8-17(15)22-19(24)23-11-9-21-10-12-23/h1-8,21H,9-13H2. The van der Waals surface area contributed by atoms with Crippen LogP contribution >= 0.6 is 11.6 Å². The first kappa shape index (κ1) is 16.1. The molecule has 1 fully saturated rings. The number of piperazine rings is 1. The highest BCUT2D eigenvalue weighted by atomic mass is 35.5. The molecule has 2 heterocycles. The molecule has 128 valence electrons. The minimum atomic E-state index is -0.0287. The lowest BCUT2D eigenvalue weighted by Crippen LogP contribution is -2.46. The monoisotopic (exact) mass is 354 g/mol. The van der Waals surface area contributed by atoms with Crippen molar-refractivity contribution in [2.24, 2.45) is 0 Å². The molecule has 1 aromatic heterocycles. The second kappa shape index (κ2) is 6.86. The maximum Gasteiger partial charge on any atom is 0.263 e. The van der Waals surface area contributed by atoms with Gasteiger partial charge in [-0.2, -0.15) is 0 Å². The summed E-state index contributed by atoms with van der Waals surface area (Å²) in [4.78, 5) is 20.1. The van der Waals surface area contributed by atoms with Gasteiger partial charge in [-0.3, -0.25) is 9.36 Å². The highest BCUT2D eigenvalue weighted by molar-refractivity contribution is 6.31. The molecule has 6 heteroatoms. The summed E-state index contributed by atoms with van der Waals surface area (Å²) in [5.74, 6) is 0.713. The van der Waals surface area contributed by atoms with Crippen LogP contribution in [0, 0.1) is 0 Å². The largest absolute Gasteiger partial charge is 0.340 e. The van der Waals surface area contributed by atoms with Crippen LogP contribution in [0.5, 0.6) is 0 Å². The number of anilines is 1. The van der Waals surface area contributed by atoms with Crippen LogP contribution in [0.15, 0.2) is 53.3 Å². The van der Waals surface area contributed by atoms with Gasteiger partial charge in [0.2, 0.25) is 5.95 Å². The van der Waals surface area contributed by atoms with Crippen molar-refractivity contribution in [2.75, 3.05) is 31.1 Å². The van der Waals surface area contributed by atoms with Gasteiger partial charge in [-0.1, -0.05) is 41.9 Å². The van der Waals surface area contributed by atoms with E-state index < -0.39 is 0 Å². The Hall–Kier alpha value is -2.37. The molecule has 0 aliphatic carbocycles. The van der Waals surface area contributed by atoms with Crippen molar-refractivity contribution in [1.29, 1.82) is 0 Å². The van der Waals surface area contributed by atoms with Crippen LogP contribution in [0.1, 0.15) is 5.56 Å². The Balaban J connectivity index is 1.88. The molecule has 0 unspecified atom stereocenters. The predicted molar refractivity (Wildman–Crippen MR) is 102 cm³/mol. The zero-order valence-corrected chi connectivity index (χ0v) is 14.5. The summed E-state index contributed by atoms with van der Waals surface area (Å²) >= 11 is 6.32. The first-order chi connectivity index (χ1) is 12.2. The normalized spacial score (nSPS) is 14.8. The van der Waals surface area contributed by atoms with Crippen LogP contribution in [0.3, 0.4) is 0 Å². The van der Waals surface area contributed by atoms with Crippen LogP contribution in [0.2, 0.25) is 5.02 Å². The van der Waals surface area contributed by atoms with Crippen LogP contribution in [-0.2, 0) is 6.54 Å². The van der Waals surface area contributed by atoms with Crippen LogP contribution < -0.4 is 15.8 Å². The van der Waals surface area contributed by atoms with Crippen molar-refractivity contribution in [1.82, 2.24) is 14.9 Å². The van der Waals surface area contributed by atoms with E-state index in [1.165, 1.54) is 0 Å². The number of benzene rings is 2. The quantitative estimate of drug-likeness (QED) is 0.785. The van der Waals surface area contributed by atoms with Crippen molar-refractivity contribution >= 4 is 28.5 Å². The average Bonchev–Trinajstić information content (AvgIpc) is 2.66. The molecule has 0 spiro atoms. The number of aromatic nitrogens is 2. The van der Waals surface area contributed by atoms with Gasteiger partial charge in [0.15, 0.2) is 0 Å². The van der Waals surface area contributed by atoms with E-state index in [2.05, 4.69) is 10.2 Å². The Labute approximate surface area is 150 Å². The van der Waals surface area contributed by atoms with Gasteiger partial charge in [-0.05, 0) is 23.8 Å². The lowest BCUT2D eigenvalue weighted by Gasteiger charge is -2.30. The number of para-hydroxylation sites is 1. The second-order valence-corrected chi connectivity index (χ2v) is 6.56. The molecule has 0 atom stereocenters. The van der Waals surface area contributed by atoms with E-state index in [9.17, 15) is 4.79 Å². The molecule has 0 saturated carbocycles. The minimum absolute atomic E-state index is 0.0287. The number of halogens is 1. The van der Waals surface area contributed by atoms with E-state index in [0.29, 0.717) is 22.9 Å². The molecule has 2 aromatic carbocycles. The van der Waals surface area contributed by atoms with Crippen molar-refractivity contribution in [3.63, 3.8) is 0 Å². The van der Waals surface area contributed by atoms with Gasteiger partial charge in [0.1, 0.15) is 0 Å². The minimum Gasteiger partial charge on any atom is -0.340 e. The maximum absolute atomic E-state index is 13.1. The molecule has 0 bridgehead atoms. The Morgan fingerprint density at radius 1 is 1.04 bits per heavy atom. The molecular weight excluding hydrogens is 336 g/mol. The van der Waals surface area contributed by atoms with Crippen molar-refractivity contribution < 1.29 is 0 Å². The average molecular weight is 355 g/mol. The zero-order chi connectivity index (χ0) is 17.2. The predicted octanol–water partition coefficient (Wildman–Crippen LogP) is 2.51. The Kier molecular flexibility index (Phi) is 4.42. The summed E-state index contributed by atoms with van der Waals surface area (Å²) in [6.45, 7) is 3.83. The van der Waals surface area contributed by atoms with E-state index in [-0.39, 0.29) is 5.56 Å². The van der Waals surface area contributed by atoms with E-state index in [0.717, 1.165) is 37.3 Å². The zero-order valence-electron chi connectivity index (χ0n) is 13.8. The summed E-state index contributed by atoms with van der Waals surface area (Å²) in [7, 11) is 0. The highest BCUT2D eigenvalue weighted by Crippen LogP contribution is 2.20. The fourth-order valence-corrected chi connectivity index (χ4v) is 3.40. The van der Waals surface area contributed by atoms with E-state index in [4.69, 9.17) is 16.6 Å². The van der Waals surface area contributed by atoms with Crippen LogP contribution in [-0.4, -0.2) is 35.7 Å². The molecule has 3 aromatic rings. The summed E-state index contributed by atoms with van der Waals surface area (Å²) in [6.07, 6.45) is 0. The number of fused-ring (bicyclic) bond motifs is 1. The number of hydrogen-bond acceptors (Lipinski definition) is 4. The van der Waals surface area contributed by atoms with Crippen molar-refractivity contribution in [3.05, 3.63) is 69.5 Å². The fourth-order valence-electron chi connectivity index (χ4n) is 3.20. The SMILES string of the molecule is O=c1c2ccccc2nc(N2CCNCC2)n1Cc1ccccc1Cl. The summed E-state index contributed by atoms with van der Waals surface area (Å²) in [5.41, 5.74) is 1.62. The topological polar surface area (TPSA) is 50.2 Å². The number of nitrogens with one attached hydrogen (secondary N) is 1. The fraction of sp³-hybridized carbons (Fsp3) is 0.263. The van der Waals surface area contributed by atoms with Gasteiger partial charge in [0, 0.05) is 31.2 Å². The summed E-state index contributed by atoms with van der Waals surface area (Å²) < 4.78 is 1.74. The van der Waals surface area contributed by atoms with Crippen LogP contribution in [0.25, 0.3) is 10.9 Å². The van der Waals surface area contributed by atoms with Gasteiger partial charge >= 0.3 is 0 Å². The molecule has 0 radical (unpaired) electrons. The smallest absolute Gasteiger partial charge is 0.263 e. The van der Waals surface area contributed by atoms with E-state index in [1.54, 1.807) is 4.57 Å². The molecule has 5 nitrogen and oxygen atoms in total. The molecule has 1 aliphatic rings. The van der Waals surface area contributed by atoms with Crippen LogP contribution in [0.4, 0.5) is 5.95 Å². The molecular formula is C19H19ClN4O. The molecule has 4 rings (SSSR count). The van der Waals surface area contributed by atoms with Gasteiger partial charge in [-0.25, -0.2) is 4.98 Å². The highest BCUT2D eigenvalue weighted by Gasteiger charge is 2.19. The maximum atomic E-state index is 13.1. The third kappa shape index (κ3) is 3.13. The number of nitrogens with zero attached hydrogens (tertiary/aromatic N) is 3. The second-order valence-electron chi connectivity index (χ2n) is 6.15. The lowest BCUT2D eigenvalue weighted by molar-refractivity contribution is 0.564. The lowest BCUT2D eigenvalue weighted by atomic mass is 10.2. The van der Waals surface area contributed by atoms with Gasteiger partial charge in [-0.15, -0.1) is 0 Å². The molecule has 1 N–H and O–H groups in total. The molecule has 1 aliphatic heterocycles. The van der Waals surface area contributed by atoms with E-state index in [1.807, 2.05) is 48.5 Å². The Morgan fingerprint density at radius 3 is 2.56 bits per heavy atom. The first-order valence-electron chi connectivity index (χ1n) is 8.43. The first-order valence-corrected chi connectivity index (χ1v) is 8.80. The number of hydrogen-bond donors (Lipinski definition) is 1. The number of rotatable bonds is 3. The third-order valence-electron chi connectivity index (χ3n) is 4.53. The molecule has 1 saturated heterocycles. The van der Waals surface area contributed by atoms with Crippen molar-refractivity contribution in [3.8, 4) is 0 Å². The summed E-state index contributed by atoms with van der Waals surface area (Å²) in [5, 5.41) is 4.63. The Morgan fingerprint density at radius 2 is 1.76 bits per heavy atom. The summed E-state index contributed by atoms with van der Waals surface area (Å²) in [6, 6.07) is 15.1. The molecule has 0 amide bonds. The van der Waals surface area contributed by atoms with Gasteiger partial charge in [0.05, 0.1) is 17.4 Å².